The SMILES string of the molecule is CC(C(=O)O)N(Cc1ccccc1)C(=O)c1cc(N2CCNC2=O)ccc1F. The number of carboxylic acids is 1. The summed E-state index contributed by atoms with van der Waals surface area (Å²) in [7, 11) is 0. The van der Waals surface area contributed by atoms with Crippen LogP contribution in [0.5, 0.6) is 0 Å². The van der Waals surface area contributed by atoms with Gasteiger partial charge in [0.2, 0.25) is 0 Å². The monoisotopic (exact) mass is 385 g/mol. The van der Waals surface area contributed by atoms with Crippen LogP contribution >= 0.6 is 0 Å². The first kappa shape index (κ1) is 19.3. The third kappa shape index (κ3) is 3.95. The molecule has 2 N–H and O–H groups in total. The summed E-state index contributed by atoms with van der Waals surface area (Å²) < 4.78 is 14.5. The first-order valence-electron chi connectivity index (χ1n) is 8.81. The minimum absolute atomic E-state index is 0.0149. The number of aliphatic carboxylic acids is 1. The summed E-state index contributed by atoms with van der Waals surface area (Å²) in [5.41, 5.74) is 0.822. The molecule has 2 aromatic carbocycles. The Balaban J connectivity index is 1.95. The fourth-order valence-electron chi connectivity index (χ4n) is 3.02. The second kappa shape index (κ2) is 8.08. The van der Waals surface area contributed by atoms with E-state index in [9.17, 15) is 23.9 Å². The molecule has 146 valence electrons. The van der Waals surface area contributed by atoms with Crippen molar-refractivity contribution in [3.8, 4) is 0 Å². The first-order chi connectivity index (χ1) is 13.4. The number of amides is 3. The molecule has 1 atom stereocenters. The predicted molar refractivity (Wildman–Crippen MR) is 101 cm³/mol. The number of anilines is 1. The summed E-state index contributed by atoms with van der Waals surface area (Å²) in [6.45, 7) is 2.24. The Kier molecular flexibility index (Phi) is 5.58. The molecule has 0 bridgehead atoms. The Morgan fingerprint density at radius 2 is 1.96 bits per heavy atom. The van der Waals surface area contributed by atoms with Gasteiger partial charge in [0.15, 0.2) is 0 Å². The second-order valence-electron chi connectivity index (χ2n) is 6.48. The maximum absolute atomic E-state index is 14.5. The molecule has 8 heteroatoms. The van der Waals surface area contributed by atoms with E-state index in [1.54, 1.807) is 30.3 Å². The van der Waals surface area contributed by atoms with Gasteiger partial charge < -0.3 is 15.3 Å². The van der Waals surface area contributed by atoms with E-state index >= 15 is 0 Å². The van der Waals surface area contributed by atoms with Crippen LogP contribution in [-0.4, -0.2) is 47.0 Å². The quantitative estimate of drug-likeness (QED) is 0.799. The van der Waals surface area contributed by atoms with Gasteiger partial charge in [-0.1, -0.05) is 30.3 Å². The zero-order valence-corrected chi connectivity index (χ0v) is 15.3. The third-order valence-corrected chi connectivity index (χ3v) is 4.63. The molecule has 1 aliphatic heterocycles. The highest BCUT2D eigenvalue weighted by atomic mass is 19.1. The van der Waals surface area contributed by atoms with Gasteiger partial charge in [0, 0.05) is 25.3 Å². The maximum Gasteiger partial charge on any atom is 0.326 e. The van der Waals surface area contributed by atoms with Gasteiger partial charge in [-0.05, 0) is 30.7 Å². The van der Waals surface area contributed by atoms with Crippen molar-refractivity contribution in [3.05, 3.63) is 65.5 Å². The van der Waals surface area contributed by atoms with Gasteiger partial charge in [-0.15, -0.1) is 0 Å². The Hall–Kier alpha value is -3.42. The summed E-state index contributed by atoms with van der Waals surface area (Å²) in [5, 5.41) is 12.0. The van der Waals surface area contributed by atoms with E-state index < -0.39 is 23.7 Å². The van der Waals surface area contributed by atoms with Crippen molar-refractivity contribution < 1.29 is 23.9 Å². The van der Waals surface area contributed by atoms with Gasteiger partial charge in [0.25, 0.3) is 5.91 Å². The molecule has 1 aliphatic rings. The normalized spacial score (nSPS) is 14.5. The number of carboxylic acid groups (broad SMARTS) is 1. The number of nitrogens with zero attached hydrogens (tertiary/aromatic N) is 2. The average molecular weight is 385 g/mol. The lowest BCUT2D eigenvalue weighted by molar-refractivity contribution is -0.141. The van der Waals surface area contributed by atoms with E-state index in [1.807, 2.05) is 0 Å². The molecule has 1 fully saturated rings. The van der Waals surface area contributed by atoms with Crippen molar-refractivity contribution in [1.82, 2.24) is 10.2 Å². The van der Waals surface area contributed by atoms with E-state index in [0.717, 1.165) is 16.5 Å². The Morgan fingerprint density at radius 1 is 1.25 bits per heavy atom. The molecule has 0 spiro atoms. The molecule has 7 nitrogen and oxygen atoms in total. The highest BCUT2D eigenvalue weighted by Crippen LogP contribution is 2.23. The maximum atomic E-state index is 14.5. The number of hydrogen-bond donors (Lipinski definition) is 2. The Bertz CT molecular complexity index is 904. The van der Waals surface area contributed by atoms with E-state index in [2.05, 4.69) is 5.32 Å². The molecule has 1 heterocycles. The van der Waals surface area contributed by atoms with Gasteiger partial charge >= 0.3 is 12.0 Å². The van der Waals surface area contributed by atoms with Gasteiger partial charge in [-0.3, -0.25) is 9.69 Å². The number of benzene rings is 2. The van der Waals surface area contributed by atoms with Crippen LogP contribution in [0.4, 0.5) is 14.9 Å². The number of carbonyl (C=O) groups excluding carboxylic acids is 2. The number of rotatable bonds is 6. The largest absolute Gasteiger partial charge is 0.480 e. The highest BCUT2D eigenvalue weighted by molar-refractivity contribution is 6.00. The fraction of sp³-hybridized carbons (Fsp3) is 0.250. The second-order valence-corrected chi connectivity index (χ2v) is 6.48. The molecule has 28 heavy (non-hydrogen) atoms. The van der Waals surface area contributed by atoms with E-state index in [4.69, 9.17) is 0 Å². The molecule has 0 radical (unpaired) electrons. The molecule has 0 aromatic heterocycles. The third-order valence-electron chi connectivity index (χ3n) is 4.63. The van der Waals surface area contributed by atoms with Gasteiger partial charge in [0.05, 0.1) is 5.56 Å². The lowest BCUT2D eigenvalue weighted by atomic mass is 10.1. The van der Waals surface area contributed by atoms with Crippen LogP contribution in [0, 0.1) is 5.82 Å². The van der Waals surface area contributed by atoms with E-state index in [-0.39, 0.29) is 18.1 Å². The predicted octanol–water partition coefficient (Wildman–Crippen LogP) is 2.47. The molecule has 3 amide bonds. The van der Waals surface area contributed by atoms with Gasteiger partial charge in [-0.25, -0.2) is 14.0 Å². The molecule has 1 unspecified atom stereocenters. The molecule has 2 aromatic rings. The summed E-state index contributed by atoms with van der Waals surface area (Å²) in [4.78, 5) is 39.0. The summed E-state index contributed by atoms with van der Waals surface area (Å²) in [6.07, 6.45) is 0. The highest BCUT2D eigenvalue weighted by Gasteiger charge is 2.30. The zero-order chi connectivity index (χ0) is 20.3. The molecular formula is C20H20FN3O4. The van der Waals surface area contributed by atoms with Crippen LogP contribution in [-0.2, 0) is 11.3 Å². The molecular weight excluding hydrogens is 365 g/mol. The minimum atomic E-state index is -1.19. The summed E-state index contributed by atoms with van der Waals surface area (Å²) >= 11 is 0. The first-order valence-corrected chi connectivity index (χ1v) is 8.81. The smallest absolute Gasteiger partial charge is 0.326 e. The topological polar surface area (TPSA) is 89.9 Å². The van der Waals surface area contributed by atoms with Crippen LogP contribution in [0.3, 0.4) is 0 Å². The summed E-state index contributed by atoms with van der Waals surface area (Å²) in [5.74, 6) is -2.72. The molecule has 1 saturated heterocycles. The fourth-order valence-corrected chi connectivity index (χ4v) is 3.02. The molecule has 0 saturated carbocycles. The van der Waals surface area contributed by atoms with E-state index in [1.165, 1.54) is 24.0 Å². The van der Waals surface area contributed by atoms with Crippen LogP contribution in [0.1, 0.15) is 22.8 Å². The number of hydrogen-bond acceptors (Lipinski definition) is 3. The molecule has 0 aliphatic carbocycles. The van der Waals surface area contributed by atoms with Crippen molar-refractivity contribution in [1.29, 1.82) is 0 Å². The average Bonchev–Trinajstić information content (AvgIpc) is 3.12. The van der Waals surface area contributed by atoms with Crippen LogP contribution in [0.25, 0.3) is 0 Å². The minimum Gasteiger partial charge on any atom is -0.480 e. The Labute approximate surface area is 161 Å². The van der Waals surface area contributed by atoms with E-state index in [0.29, 0.717) is 18.8 Å². The number of urea groups is 1. The lowest BCUT2D eigenvalue weighted by Crippen LogP contribution is -2.43. The van der Waals surface area contributed by atoms with Crippen molar-refractivity contribution >= 4 is 23.6 Å². The molecule has 3 rings (SSSR count). The number of halogens is 1. The summed E-state index contributed by atoms with van der Waals surface area (Å²) in [6, 6.07) is 11.2. The van der Waals surface area contributed by atoms with Crippen molar-refractivity contribution in [2.75, 3.05) is 18.0 Å². The van der Waals surface area contributed by atoms with Crippen LogP contribution in [0.2, 0.25) is 0 Å². The standard InChI is InChI=1S/C20H20FN3O4/c1-13(19(26)27)24(12-14-5-3-2-4-6-14)18(25)16-11-15(7-8-17(16)21)23-10-9-22-20(23)28/h2-8,11,13H,9-10,12H2,1H3,(H,22,28)(H,26,27). The lowest BCUT2D eigenvalue weighted by Gasteiger charge is -2.27. The number of carbonyl (C=O) groups is 3. The van der Waals surface area contributed by atoms with Crippen LogP contribution in [0.15, 0.2) is 48.5 Å². The van der Waals surface area contributed by atoms with Gasteiger partial charge in [-0.2, -0.15) is 0 Å². The Morgan fingerprint density at radius 3 is 2.57 bits per heavy atom. The number of nitrogens with one attached hydrogen (secondary N) is 1. The van der Waals surface area contributed by atoms with Crippen molar-refractivity contribution in [2.24, 2.45) is 0 Å². The van der Waals surface area contributed by atoms with Gasteiger partial charge in [0.1, 0.15) is 11.9 Å². The van der Waals surface area contributed by atoms with Crippen molar-refractivity contribution in [3.63, 3.8) is 0 Å². The zero-order valence-electron chi connectivity index (χ0n) is 15.3. The van der Waals surface area contributed by atoms with Crippen LogP contribution < -0.4 is 10.2 Å². The van der Waals surface area contributed by atoms with Crippen molar-refractivity contribution in [2.45, 2.75) is 19.5 Å².